The number of hydrogen-bond donors (Lipinski definition) is 3. The number of rotatable bonds is 3. The highest BCUT2D eigenvalue weighted by molar-refractivity contribution is 6.04. The minimum atomic E-state index is -1.98. The Bertz CT molecular complexity index is 1770. The van der Waals surface area contributed by atoms with Crippen LogP contribution in [0.2, 0.25) is 0 Å². The van der Waals surface area contributed by atoms with Gasteiger partial charge in [0, 0.05) is 33.8 Å². The summed E-state index contributed by atoms with van der Waals surface area (Å²) in [4.78, 5) is 43.9. The monoisotopic (exact) mass is 533 g/mol. The zero-order chi connectivity index (χ0) is 27.4. The van der Waals surface area contributed by atoms with Crippen LogP contribution in [0.5, 0.6) is 0 Å². The van der Waals surface area contributed by atoms with Gasteiger partial charge in [0.05, 0.1) is 42.2 Å². The van der Waals surface area contributed by atoms with Crippen molar-refractivity contribution >= 4 is 28.5 Å². The molecule has 3 N–H and O–H groups in total. The molecule has 0 bridgehead atoms. The topological polar surface area (TPSA) is 140 Å². The van der Waals surface area contributed by atoms with Crippen molar-refractivity contribution in [3.63, 3.8) is 0 Å². The van der Waals surface area contributed by atoms with Crippen molar-refractivity contribution in [3.8, 4) is 11.4 Å². The summed E-state index contributed by atoms with van der Waals surface area (Å²) in [5, 5.41) is 25.2. The Labute approximate surface area is 220 Å². The van der Waals surface area contributed by atoms with Gasteiger partial charge in [0.25, 0.3) is 11.5 Å². The fraction of sp³-hybridized carbons (Fsp3) is 0.357. The number of benzene rings is 1. The van der Waals surface area contributed by atoms with Gasteiger partial charge in [-0.2, -0.15) is 0 Å². The van der Waals surface area contributed by atoms with Crippen molar-refractivity contribution in [1.82, 2.24) is 14.9 Å². The molecule has 3 aromatic rings. The molecule has 3 aliphatic heterocycles. The molecule has 1 saturated heterocycles. The SMILES string of the molecule is CC[C@@]1(O)C(=O)OCc2c1cc1n(c2=O)Cc2c-1nc1cc(F)c(C)c3c1c2C(NC(=O)C1(O)COC1)=CC3. The third-order valence-electron chi connectivity index (χ3n) is 8.44. The number of cyclic esters (lactones) is 1. The highest BCUT2D eigenvalue weighted by Crippen LogP contribution is 2.44. The molecule has 1 amide bonds. The highest BCUT2D eigenvalue weighted by Gasteiger charge is 2.47. The molecule has 39 heavy (non-hydrogen) atoms. The van der Waals surface area contributed by atoms with Crippen LogP contribution < -0.4 is 10.9 Å². The Balaban J connectivity index is 1.48. The molecule has 1 fully saturated rings. The number of carbonyl (C=O) groups is 2. The number of hydrogen-bond acceptors (Lipinski definition) is 8. The van der Waals surface area contributed by atoms with Crippen molar-refractivity contribution in [2.45, 2.75) is 51.0 Å². The maximum absolute atomic E-state index is 15.0. The average molecular weight is 534 g/mol. The number of nitrogens with zero attached hydrogens (tertiary/aromatic N) is 2. The van der Waals surface area contributed by atoms with Crippen molar-refractivity contribution < 1.29 is 33.7 Å². The fourth-order valence-electron chi connectivity index (χ4n) is 6.03. The quantitative estimate of drug-likeness (QED) is 0.335. The maximum atomic E-state index is 15.0. The Morgan fingerprint density at radius 2 is 1.97 bits per heavy atom. The summed E-state index contributed by atoms with van der Waals surface area (Å²) < 4.78 is 26.6. The van der Waals surface area contributed by atoms with Crippen molar-refractivity contribution in [2.75, 3.05) is 13.2 Å². The van der Waals surface area contributed by atoms with Gasteiger partial charge in [-0.25, -0.2) is 14.2 Å². The van der Waals surface area contributed by atoms with E-state index < -0.39 is 34.5 Å². The van der Waals surface area contributed by atoms with Crippen LogP contribution >= 0.6 is 0 Å². The molecule has 200 valence electrons. The first-order valence-electron chi connectivity index (χ1n) is 12.7. The van der Waals surface area contributed by atoms with Crippen LogP contribution in [0.4, 0.5) is 4.39 Å². The van der Waals surface area contributed by atoms with E-state index in [0.717, 1.165) is 5.56 Å². The van der Waals surface area contributed by atoms with E-state index in [-0.39, 0.29) is 43.9 Å². The van der Waals surface area contributed by atoms with E-state index in [9.17, 15) is 29.0 Å². The summed E-state index contributed by atoms with van der Waals surface area (Å²) in [6.45, 7) is 2.91. The van der Waals surface area contributed by atoms with Gasteiger partial charge >= 0.3 is 5.97 Å². The Morgan fingerprint density at radius 1 is 1.21 bits per heavy atom. The first-order valence-corrected chi connectivity index (χ1v) is 12.7. The first-order chi connectivity index (χ1) is 18.6. The van der Waals surface area contributed by atoms with Crippen molar-refractivity contribution in [1.29, 1.82) is 0 Å². The summed E-state index contributed by atoms with van der Waals surface area (Å²) >= 11 is 0. The largest absolute Gasteiger partial charge is 0.458 e. The Kier molecular flexibility index (Phi) is 4.83. The highest BCUT2D eigenvalue weighted by atomic mass is 19.1. The van der Waals surface area contributed by atoms with Gasteiger partial charge in [0.1, 0.15) is 12.4 Å². The van der Waals surface area contributed by atoms with Crippen LogP contribution in [0, 0.1) is 12.7 Å². The van der Waals surface area contributed by atoms with Crippen LogP contribution in [0.1, 0.15) is 46.7 Å². The van der Waals surface area contributed by atoms with Crippen LogP contribution in [0.15, 0.2) is 23.0 Å². The number of fused-ring (bicyclic) bond motifs is 5. The summed E-state index contributed by atoms with van der Waals surface area (Å²) in [5.41, 5.74) is 0.247. The van der Waals surface area contributed by atoms with Gasteiger partial charge in [-0.15, -0.1) is 0 Å². The molecule has 0 radical (unpaired) electrons. The lowest BCUT2D eigenvalue weighted by Gasteiger charge is -2.35. The van der Waals surface area contributed by atoms with Gasteiger partial charge in [-0.05, 0) is 37.0 Å². The minimum Gasteiger partial charge on any atom is -0.458 e. The summed E-state index contributed by atoms with van der Waals surface area (Å²) in [6.07, 6.45) is 2.11. The molecule has 0 saturated carbocycles. The lowest BCUT2D eigenvalue weighted by Crippen LogP contribution is -2.60. The number of amides is 1. The smallest absolute Gasteiger partial charge is 0.343 e. The molecule has 11 heteroatoms. The van der Waals surface area contributed by atoms with Crippen LogP contribution in [-0.4, -0.2) is 50.5 Å². The zero-order valence-corrected chi connectivity index (χ0v) is 21.2. The second-order valence-corrected chi connectivity index (χ2v) is 10.6. The van der Waals surface area contributed by atoms with Gasteiger partial charge in [-0.1, -0.05) is 13.0 Å². The number of aliphatic hydroxyl groups is 2. The molecule has 10 nitrogen and oxygen atoms in total. The Hall–Kier alpha value is -3.93. The van der Waals surface area contributed by atoms with Gasteiger partial charge in [0.15, 0.2) is 11.2 Å². The zero-order valence-electron chi connectivity index (χ0n) is 21.2. The van der Waals surface area contributed by atoms with E-state index in [2.05, 4.69) is 5.32 Å². The molecule has 7 rings (SSSR count). The van der Waals surface area contributed by atoms with E-state index in [0.29, 0.717) is 51.1 Å². The van der Waals surface area contributed by atoms with E-state index in [1.54, 1.807) is 26.0 Å². The molecule has 0 spiro atoms. The predicted octanol–water partition coefficient (Wildman–Crippen LogP) is 1.30. The summed E-state index contributed by atoms with van der Waals surface area (Å²) in [5.74, 6) is -1.87. The number of carbonyl (C=O) groups excluding carboxylic acids is 2. The number of pyridine rings is 2. The van der Waals surface area contributed by atoms with Gasteiger partial charge in [-0.3, -0.25) is 9.59 Å². The molecule has 4 aliphatic rings. The number of esters is 1. The van der Waals surface area contributed by atoms with E-state index in [1.165, 1.54) is 10.6 Å². The maximum Gasteiger partial charge on any atom is 0.343 e. The fourth-order valence-corrected chi connectivity index (χ4v) is 6.03. The molecule has 1 aliphatic carbocycles. The molecule has 5 heterocycles. The normalized spacial score (nSPS) is 21.9. The van der Waals surface area contributed by atoms with E-state index in [1.807, 2.05) is 0 Å². The predicted molar refractivity (Wildman–Crippen MR) is 135 cm³/mol. The first kappa shape index (κ1) is 24.1. The molecule has 2 aromatic heterocycles. The molecule has 1 aromatic carbocycles. The second-order valence-electron chi connectivity index (χ2n) is 10.6. The Morgan fingerprint density at radius 3 is 2.67 bits per heavy atom. The third kappa shape index (κ3) is 3.06. The third-order valence-corrected chi connectivity index (χ3v) is 8.44. The summed E-state index contributed by atoms with van der Waals surface area (Å²) in [7, 11) is 0. The van der Waals surface area contributed by atoms with Gasteiger partial charge < -0.3 is 29.6 Å². The van der Waals surface area contributed by atoms with Crippen LogP contribution in [0.25, 0.3) is 28.0 Å². The lowest BCUT2D eigenvalue weighted by atomic mass is 9.85. The summed E-state index contributed by atoms with van der Waals surface area (Å²) in [6, 6.07) is 2.91. The number of halogens is 1. The average Bonchev–Trinajstić information content (AvgIpc) is 3.27. The number of aromatic nitrogens is 2. The number of allylic oxidation sites excluding steroid dienone is 1. The van der Waals surface area contributed by atoms with Crippen LogP contribution in [0.3, 0.4) is 0 Å². The molecular formula is C28H24FN3O7. The van der Waals surface area contributed by atoms with Crippen molar-refractivity contribution in [2.24, 2.45) is 0 Å². The van der Waals surface area contributed by atoms with E-state index >= 15 is 0 Å². The molecular weight excluding hydrogens is 509 g/mol. The minimum absolute atomic E-state index is 0.00434. The number of nitrogens with one attached hydrogen (secondary N) is 1. The lowest BCUT2D eigenvalue weighted by molar-refractivity contribution is -0.189. The molecule has 1 atom stereocenters. The number of ether oxygens (including phenoxy) is 2. The molecule has 0 unspecified atom stereocenters. The second kappa shape index (κ2) is 7.81. The van der Waals surface area contributed by atoms with E-state index in [4.69, 9.17) is 14.5 Å². The standard InChI is InChI=1S/C28H24FN3O7/c1-3-28(37)16-6-20-23-14(8-32(20)24(33)15(16)9-39-26(28)35)22-18(31-25(34)27(36)10-38-11-27)5-4-13-12(2)17(29)7-19(30-23)21(13)22/h5-7,36-37H,3-4,8-11H2,1-2H3,(H,31,34)/t28-/m0/s1. The van der Waals surface area contributed by atoms with Crippen molar-refractivity contribution in [3.05, 3.63) is 67.8 Å². The van der Waals surface area contributed by atoms with Gasteiger partial charge in [0.2, 0.25) is 0 Å². The van der Waals surface area contributed by atoms with Crippen LogP contribution in [-0.2, 0) is 44.2 Å².